The fraction of sp³-hybridized carbons (Fsp3) is 0.231. The summed E-state index contributed by atoms with van der Waals surface area (Å²) in [7, 11) is 1.67. The minimum Gasteiger partial charge on any atom is -0.497 e. The molecule has 6 heteroatoms. The first-order valence-corrected chi connectivity index (χ1v) is 11.7. The van der Waals surface area contributed by atoms with E-state index in [2.05, 4.69) is 52.9 Å². The maximum atomic E-state index is 5.86. The van der Waals surface area contributed by atoms with Crippen LogP contribution in [0.5, 0.6) is 11.5 Å². The molecule has 0 N–H and O–H groups in total. The molecule has 0 saturated heterocycles. The number of methoxy groups -OCH3 is 1. The lowest BCUT2D eigenvalue weighted by atomic mass is 10.0. The highest BCUT2D eigenvalue weighted by Gasteiger charge is 2.19. The predicted octanol–water partition coefficient (Wildman–Crippen LogP) is 6.24. The molecule has 4 rings (SSSR count). The number of thioether (sulfide) groups is 1. The minimum absolute atomic E-state index is 0.372. The maximum Gasteiger partial charge on any atom is 0.196 e. The first-order valence-electron chi connectivity index (χ1n) is 10.7. The summed E-state index contributed by atoms with van der Waals surface area (Å²) in [6, 6.07) is 26.2. The number of aromatic nitrogens is 3. The van der Waals surface area contributed by atoms with Crippen molar-refractivity contribution in [2.24, 2.45) is 0 Å². The van der Waals surface area contributed by atoms with Gasteiger partial charge < -0.3 is 9.47 Å². The van der Waals surface area contributed by atoms with Crippen LogP contribution in [-0.2, 0) is 0 Å². The van der Waals surface area contributed by atoms with E-state index in [0.717, 1.165) is 39.5 Å². The molecule has 0 bridgehead atoms. The van der Waals surface area contributed by atoms with Gasteiger partial charge >= 0.3 is 0 Å². The van der Waals surface area contributed by atoms with Gasteiger partial charge in [-0.1, -0.05) is 62.0 Å². The number of benzene rings is 3. The van der Waals surface area contributed by atoms with Crippen LogP contribution in [0.2, 0.25) is 0 Å². The van der Waals surface area contributed by atoms with E-state index in [4.69, 9.17) is 9.47 Å². The molecule has 164 valence electrons. The zero-order valence-corrected chi connectivity index (χ0v) is 19.4. The van der Waals surface area contributed by atoms with Gasteiger partial charge in [-0.05, 0) is 53.9 Å². The Hall–Kier alpha value is -3.25. The van der Waals surface area contributed by atoms with E-state index in [1.165, 1.54) is 5.56 Å². The maximum absolute atomic E-state index is 5.86. The molecule has 4 aromatic rings. The molecular weight excluding hydrogens is 418 g/mol. The number of rotatable bonds is 9. The average Bonchev–Trinajstić information content (AvgIpc) is 3.26. The number of hydrogen-bond donors (Lipinski definition) is 0. The first kappa shape index (κ1) is 22.0. The first-order chi connectivity index (χ1) is 15.7. The molecule has 32 heavy (non-hydrogen) atoms. The third-order valence-corrected chi connectivity index (χ3v) is 6.00. The Morgan fingerprint density at radius 3 is 2.28 bits per heavy atom. The Morgan fingerprint density at radius 2 is 1.56 bits per heavy atom. The zero-order chi connectivity index (χ0) is 22.3. The summed E-state index contributed by atoms with van der Waals surface area (Å²) in [6.07, 6.45) is 0. The summed E-state index contributed by atoms with van der Waals surface area (Å²) in [5, 5.41) is 9.96. The van der Waals surface area contributed by atoms with Gasteiger partial charge in [-0.3, -0.25) is 4.57 Å². The van der Waals surface area contributed by atoms with E-state index in [0.29, 0.717) is 12.5 Å². The summed E-state index contributed by atoms with van der Waals surface area (Å²) in [5.41, 5.74) is 3.35. The van der Waals surface area contributed by atoms with Crippen LogP contribution in [0.15, 0.2) is 84.0 Å². The van der Waals surface area contributed by atoms with Crippen LogP contribution in [0.25, 0.3) is 17.1 Å². The van der Waals surface area contributed by atoms with Gasteiger partial charge in [-0.25, -0.2) is 0 Å². The van der Waals surface area contributed by atoms with Gasteiger partial charge in [0.25, 0.3) is 0 Å². The Morgan fingerprint density at radius 1 is 0.844 bits per heavy atom. The van der Waals surface area contributed by atoms with Crippen LogP contribution < -0.4 is 9.47 Å². The van der Waals surface area contributed by atoms with E-state index in [1.807, 2.05) is 54.6 Å². The quantitative estimate of drug-likeness (QED) is 0.225. The lowest BCUT2D eigenvalue weighted by molar-refractivity contribution is 0.344. The smallest absolute Gasteiger partial charge is 0.196 e. The van der Waals surface area contributed by atoms with Crippen LogP contribution in [-0.4, -0.2) is 34.2 Å². The van der Waals surface area contributed by atoms with Crippen molar-refractivity contribution in [2.75, 3.05) is 19.5 Å². The van der Waals surface area contributed by atoms with Crippen LogP contribution in [0.1, 0.15) is 25.3 Å². The highest BCUT2D eigenvalue weighted by Crippen LogP contribution is 2.32. The van der Waals surface area contributed by atoms with Crippen molar-refractivity contribution in [1.82, 2.24) is 14.8 Å². The van der Waals surface area contributed by atoms with Gasteiger partial charge in [0.15, 0.2) is 11.0 Å². The van der Waals surface area contributed by atoms with Gasteiger partial charge in [0.1, 0.15) is 11.5 Å². The Balaban J connectivity index is 1.65. The van der Waals surface area contributed by atoms with Crippen LogP contribution >= 0.6 is 11.8 Å². The molecular formula is C26H27N3O2S. The summed E-state index contributed by atoms with van der Waals surface area (Å²) in [5.74, 6) is 3.64. The second-order valence-corrected chi connectivity index (χ2v) is 8.66. The van der Waals surface area contributed by atoms with Crippen molar-refractivity contribution in [2.45, 2.75) is 24.9 Å². The SMILES string of the molecule is COc1ccc(-c2nnc(SCCOc3ccccc3)n2-c2ccccc2C(C)C)cc1. The minimum atomic E-state index is 0.372. The molecule has 1 aromatic heterocycles. The van der Waals surface area contributed by atoms with Gasteiger partial charge in [0, 0.05) is 11.3 Å². The monoisotopic (exact) mass is 445 g/mol. The molecule has 0 fully saturated rings. The van der Waals surface area contributed by atoms with Crippen molar-refractivity contribution in [3.8, 4) is 28.6 Å². The zero-order valence-electron chi connectivity index (χ0n) is 18.6. The lowest BCUT2D eigenvalue weighted by Crippen LogP contribution is -2.06. The summed E-state index contributed by atoms with van der Waals surface area (Å²) < 4.78 is 13.3. The average molecular weight is 446 g/mol. The molecule has 0 aliphatic heterocycles. The highest BCUT2D eigenvalue weighted by atomic mass is 32.2. The normalized spacial score (nSPS) is 11.0. The topological polar surface area (TPSA) is 49.2 Å². The molecule has 3 aromatic carbocycles. The van der Waals surface area contributed by atoms with E-state index in [1.54, 1.807) is 18.9 Å². The van der Waals surface area contributed by atoms with E-state index >= 15 is 0 Å². The second kappa shape index (κ2) is 10.4. The predicted molar refractivity (Wildman–Crippen MR) is 130 cm³/mol. The fourth-order valence-corrected chi connectivity index (χ4v) is 4.26. The molecule has 0 saturated carbocycles. The number of nitrogens with zero attached hydrogens (tertiary/aromatic N) is 3. The summed E-state index contributed by atoms with van der Waals surface area (Å²) >= 11 is 1.64. The molecule has 5 nitrogen and oxygen atoms in total. The largest absolute Gasteiger partial charge is 0.497 e. The van der Waals surface area contributed by atoms with Crippen molar-refractivity contribution >= 4 is 11.8 Å². The third-order valence-electron chi connectivity index (χ3n) is 5.11. The van der Waals surface area contributed by atoms with Gasteiger partial charge in [0.05, 0.1) is 19.4 Å². The van der Waals surface area contributed by atoms with Crippen molar-refractivity contribution < 1.29 is 9.47 Å². The standard InChI is InChI=1S/C26H27N3O2S/c1-19(2)23-11-7-8-12-24(23)29-25(20-13-15-21(30-3)16-14-20)27-28-26(29)32-18-17-31-22-9-5-4-6-10-22/h4-16,19H,17-18H2,1-3H3. The van der Waals surface area contributed by atoms with Crippen LogP contribution in [0.3, 0.4) is 0 Å². The van der Waals surface area contributed by atoms with Gasteiger partial charge in [-0.2, -0.15) is 0 Å². The molecule has 0 aliphatic rings. The van der Waals surface area contributed by atoms with Crippen molar-refractivity contribution in [3.63, 3.8) is 0 Å². The van der Waals surface area contributed by atoms with E-state index in [9.17, 15) is 0 Å². The summed E-state index contributed by atoms with van der Waals surface area (Å²) in [6.45, 7) is 5.00. The number of ether oxygens (including phenoxy) is 2. The molecule has 0 unspecified atom stereocenters. The molecule has 0 radical (unpaired) electrons. The molecule has 0 aliphatic carbocycles. The highest BCUT2D eigenvalue weighted by molar-refractivity contribution is 7.99. The number of hydrogen-bond acceptors (Lipinski definition) is 5. The van der Waals surface area contributed by atoms with Crippen LogP contribution in [0.4, 0.5) is 0 Å². The van der Waals surface area contributed by atoms with Crippen molar-refractivity contribution in [3.05, 3.63) is 84.4 Å². The number of para-hydroxylation sites is 2. The van der Waals surface area contributed by atoms with E-state index < -0.39 is 0 Å². The Labute approximate surface area is 193 Å². The van der Waals surface area contributed by atoms with Crippen molar-refractivity contribution in [1.29, 1.82) is 0 Å². The third kappa shape index (κ3) is 4.97. The second-order valence-electron chi connectivity index (χ2n) is 7.59. The van der Waals surface area contributed by atoms with Gasteiger partial charge in [0.2, 0.25) is 0 Å². The van der Waals surface area contributed by atoms with E-state index in [-0.39, 0.29) is 0 Å². The van der Waals surface area contributed by atoms with Gasteiger partial charge in [-0.15, -0.1) is 10.2 Å². The molecule has 0 spiro atoms. The molecule has 1 heterocycles. The Bertz CT molecular complexity index is 1140. The Kier molecular flexibility index (Phi) is 7.12. The summed E-state index contributed by atoms with van der Waals surface area (Å²) in [4.78, 5) is 0. The fourth-order valence-electron chi connectivity index (χ4n) is 3.50. The van der Waals surface area contributed by atoms with Crippen LogP contribution in [0, 0.1) is 0 Å². The molecule has 0 atom stereocenters. The lowest BCUT2D eigenvalue weighted by Gasteiger charge is -2.17. The molecule has 0 amide bonds.